The van der Waals surface area contributed by atoms with E-state index in [0.717, 1.165) is 4.21 Å². The van der Waals surface area contributed by atoms with Gasteiger partial charge in [-0.3, -0.25) is 4.79 Å². The normalized spacial score (nSPS) is 12.4. The fourth-order valence-corrected chi connectivity index (χ4v) is 3.98. The summed E-state index contributed by atoms with van der Waals surface area (Å²) in [5.41, 5.74) is 0.526. The SMILES string of the molecule is CC(Sc1cccs1)C(=O)c1ccc(Cl)cc1Cl. The van der Waals surface area contributed by atoms with Crippen LogP contribution in [-0.2, 0) is 0 Å². The maximum Gasteiger partial charge on any atom is 0.177 e. The van der Waals surface area contributed by atoms with Crippen molar-refractivity contribution < 1.29 is 4.79 Å². The lowest BCUT2D eigenvalue weighted by Crippen LogP contribution is -2.13. The first-order chi connectivity index (χ1) is 8.58. The molecule has 94 valence electrons. The number of thioether (sulfide) groups is 1. The first-order valence-corrected chi connectivity index (χ1v) is 7.79. The van der Waals surface area contributed by atoms with E-state index in [4.69, 9.17) is 23.2 Å². The second-order valence-corrected chi connectivity index (χ2v) is 7.11. The Bertz CT molecular complexity index is 552. The largest absolute Gasteiger partial charge is 0.293 e. The van der Waals surface area contributed by atoms with Gasteiger partial charge in [-0.15, -0.1) is 23.1 Å². The molecule has 1 atom stereocenters. The van der Waals surface area contributed by atoms with Gasteiger partial charge in [-0.2, -0.15) is 0 Å². The molecule has 2 aromatic rings. The van der Waals surface area contributed by atoms with Crippen LogP contribution in [-0.4, -0.2) is 11.0 Å². The van der Waals surface area contributed by atoms with Crippen molar-refractivity contribution >= 4 is 52.1 Å². The molecule has 5 heteroatoms. The monoisotopic (exact) mass is 316 g/mol. The summed E-state index contributed by atoms with van der Waals surface area (Å²) >= 11 is 15.0. The van der Waals surface area contributed by atoms with Crippen LogP contribution in [0.15, 0.2) is 39.9 Å². The van der Waals surface area contributed by atoms with E-state index in [2.05, 4.69) is 0 Å². The third-order valence-electron chi connectivity index (χ3n) is 2.35. The van der Waals surface area contributed by atoms with Crippen molar-refractivity contribution in [3.8, 4) is 0 Å². The van der Waals surface area contributed by atoms with E-state index in [0.29, 0.717) is 15.6 Å². The summed E-state index contributed by atoms with van der Waals surface area (Å²) in [5.74, 6) is 0.0232. The molecule has 0 amide bonds. The van der Waals surface area contributed by atoms with Crippen molar-refractivity contribution in [2.75, 3.05) is 0 Å². The van der Waals surface area contributed by atoms with E-state index in [1.54, 1.807) is 41.3 Å². The Kier molecular flexibility index (Phi) is 4.73. The van der Waals surface area contributed by atoms with Crippen LogP contribution in [0.4, 0.5) is 0 Å². The number of hydrogen-bond acceptors (Lipinski definition) is 3. The molecular weight excluding hydrogens is 307 g/mol. The predicted octanol–water partition coefficient (Wildman–Crippen LogP) is 5.42. The summed E-state index contributed by atoms with van der Waals surface area (Å²) in [6, 6.07) is 8.93. The van der Waals surface area contributed by atoms with Gasteiger partial charge in [0.25, 0.3) is 0 Å². The molecule has 1 aromatic carbocycles. The zero-order chi connectivity index (χ0) is 13.1. The van der Waals surface area contributed by atoms with Gasteiger partial charge in [0.05, 0.1) is 14.5 Å². The van der Waals surface area contributed by atoms with E-state index >= 15 is 0 Å². The average Bonchev–Trinajstić information content (AvgIpc) is 2.81. The van der Waals surface area contributed by atoms with Crippen LogP contribution in [0, 0.1) is 0 Å². The summed E-state index contributed by atoms with van der Waals surface area (Å²) in [7, 11) is 0. The quantitative estimate of drug-likeness (QED) is 0.553. The Hall–Kier alpha value is -0.480. The number of carbonyl (C=O) groups is 1. The van der Waals surface area contributed by atoms with Gasteiger partial charge in [-0.25, -0.2) is 0 Å². The van der Waals surface area contributed by atoms with E-state index in [-0.39, 0.29) is 11.0 Å². The van der Waals surface area contributed by atoms with Crippen molar-refractivity contribution in [2.45, 2.75) is 16.4 Å². The van der Waals surface area contributed by atoms with Crippen molar-refractivity contribution in [2.24, 2.45) is 0 Å². The summed E-state index contributed by atoms with van der Waals surface area (Å²) < 4.78 is 1.13. The molecule has 2 rings (SSSR count). The minimum Gasteiger partial charge on any atom is -0.293 e. The number of benzene rings is 1. The molecule has 0 fully saturated rings. The third-order valence-corrected chi connectivity index (χ3v) is 5.08. The van der Waals surface area contributed by atoms with Gasteiger partial charge in [-0.05, 0) is 36.6 Å². The number of halogens is 2. The summed E-state index contributed by atoms with van der Waals surface area (Å²) in [6.45, 7) is 1.89. The summed E-state index contributed by atoms with van der Waals surface area (Å²) in [4.78, 5) is 12.3. The second kappa shape index (κ2) is 6.11. The highest BCUT2D eigenvalue weighted by Crippen LogP contribution is 2.31. The number of carbonyl (C=O) groups excluding carboxylic acids is 1. The third kappa shape index (κ3) is 3.29. The number of thiophene rings is 1. The van der Waals surface area contributed by atoms with Crippen LogP contribution in [0.5, 0.6) is 0 Å². The molecule has 0 N–H and O–H groups in total. The molecule has 0 spiro atoms. The maximum absolute atomic E-state index is 12.3. The van der Waals surface area contributed by atoms with Crippen LogP contribution in [0.1, 0.15) is 17.3 Å². The molecule has 1 nitrogen and oxygen atoms in total. The van der Waals surface area contributed by atoms with Crippen molar-refractivity contribution in [1.82, 2.24) is 0 Å². The second-order valence-electron chi connectivity index (χ2n) is 3.68. The average molecular weight is 317 g/mol. The van der Waals surface area contributed by atoms with E-state index in [9.17, 15) is 4.79 Å². The van der Waals surface area contributed by atoms with E-state index < -0.39 is 0 Å². The highest BCUT2D eigenvalue weighted by Gasteiger charge is 2.19. The van der Waals surface area contributed by atoms with Gasteiger partial charge in [0.15, 0.2) is 5.78 Å². The molecular formula is C13H10Cl2OS2. The highest BCUT2D eigenvalue weighted by atomic mass is 35.5. The lowest BCUT2D eigenvalue weighted by atomic mass is 10.1. The molecule has 18 heavy (non-hydrogen) atoms. The molecule has 0 aliphatic heterocycles. The van der Waals surface area contributed by atoms with Crippen molar-refractivity contribution in [1.29, 1.82) is 0 Å². The van der Waals surface area contributed by atoms with Gasteiger partial charge in [0, 0.05) is 10.6 Å². The van der Waals surface area contributed by atoms with Gasteiger partial charge in [0.2, 0.25) is 0 Å². The minimum atomic E-state index is -0.165. The first kappa shape index (κ1) is 13.9. The molecule has 1 unspecified atom stereocenters. The number of rotatable bonds is 4. The van der Waals surface area contributed by atoms with E-state index in [1.807, 2.05) is 24.4 Å². The van der Waals surface area contributed by atoms with Gasteiger partial charge in [0.1, 0.15) is 0 Å². The standard InChI is InChI=1S/C13H10Cl2OS2/c1-8(18-12-3-2-6-17-12)13(16)10-5-4-9(14)7-11(10)15/h2-8H,1H3. The molecule has 0 saturated carbocycles. The van der Waals surface area contributed by atoms with Gasteiger partial charge < -0.3 is 0 Å². The Morgan fingerprint density at radius 1 is 1.33 bits per heavy atom. The summed E-state index contributed by atoms with van der Waals surface area (Å²) in [6.07, 6.45) is 0. The summed E-state index contributed by atoms with van der Waals surface area (Å²) in [5, 5.41) is 2.78. The van der Waals surface area contributed by atoms with Crippen molar-refractivity contribution in [3.63, 3.8) is 0 Å². The number of hydrogen-bond donors (Lipinski definition) is 0. The molecule has 0 radical (unpaired) electrons. The molecule has 0 aliphatic rings. The maximum atomic E-state index is 12.3. The molecule has 1 heterocycles. The smallest absolute Gasteiger partial charge is 0.177 e. The Labute approximate surface area is 124 Å². The zero-order valence-corrected chi connectivity index (χ0v) is 12.7. The van der Waals surface area contributed by atoms with E-state index in [1.165, 1.54) is 0 Å². The van der Waals surface area contributed by atoms with Crippen LogP contribution in [0.25, 0.3) is 0 Å². The molecule has 0 aliphatic carbocycles. The van der Waals surface area contributed by atoms with Gasteiger partial charge >= 0.3 is 0 Å². The topological polar surface area (TPSA) is 17.1 Å². The van der Waals surface area contributed by atoms with Crippen molar-refractivity contribution in [3.05, 3.63) is 51.3 Å². The fraction of sp³-hybridized carbons (Fsp3) is 0.154. The highest BCUT2D eigenvalue weighted by molar-refractivity contribution is 8.02. The van der Waals surface area contributed by atoms with Crippen LogP contribution in [0.3, 0.4) is 0 Å². The first-order valence-electron chi connectivity index (χ1n) is 5.27. The molecule has 0 bridgehead atoms. The Morgan fingerprint density at radius 2 is 2.11 bits per heavy atom. The lowest BCUT2D eigenvalue weighted by molar-refractivity contribution is 0.0994. The lowest BCUT2D eigenvalue weighted by Gasteiger charge is -2.10. The Morgan fingerprint density at radius 3 is 2.72 bits per heavy atom. The zero-order valence-electron chi connectivity index (χ0n) is 9.52. The fourth-order valence-electron chi connectivity index (χ4n) is 1.47. The van der Waals surface area contributed by atoms with Crippen LogP contribution in [0.2, 0.25) is 10.0 Å². The Balaban J connectivity index is 2.15. The van der Waals surface area contributed by atoms with Gasteiger partial charge in [-0.1, -0.05) is 29.3 Å². The minimum absolute atomic E-state index is 0.0232. The van der Waals surface area contributed by atoms with Crippen LogP contribution < -0.4 is 0 Å². The van der Waals surface area contributed by atoms with Crippen LogP contribution >= 0.6 is 46.3 Å². The molecule has 1 aromatic heterocycles. The number of Topliss-reactive ketones (excluding diaryl/α,β-unsaturated/α-hetero) is 1. The molecule has 0 saturated heterocycles. The predicted molar refractivity (Wildman–Crippen MR) is 80.4 cm³/mol. The number of ketones is 1.